The van der Waals surface area contributed by atoms with E-state index >= 15 is 0 Å². The monoisotopic (exact) mass is 314 g/mol. The zero-order valence-corrected chi connectivity index (χ0v) is 12.6. The molecule has 0 saturated carbocycles. The second kappa shape index (κ2) is 4.18. The van der Waals surface area contributed by atoms with Gasteiger partial charge in [0.2, 0.25) is 11.8 Å². The smallest absolute Gasteiger partial charge is 0.266 e. The van der Waals surface area contributed by atoms with Crippen molar-refractivity contribution >= 4 is 23.6 Å². The van der Waals surface area contributed by atoms with E-state index in [1.54, 1.807) is 12.1 Å². The Labute approximate surface area is 131 Å². The number of nitrogens with zero attached hydrogens (tertiary/aromatic N) is 1. The molecule has 23 heavy (non-hydrogen) atoms. The van der Waals surface area contributed by atoms with Gasteiger partial charge < -0.3 is 4.74 Å². The van der Waals surface area contributed by atoms with Gasteiger partial charge in [-0.2, -0.15) is 0 Å². The van der Waals surface area contributed by atoms with Gasteiger partial charge in [-0.15, -0.1) is 0 Å². The molecule has 7 nitrogen and oxygen atoms in total. The molecule has 1 unspecified atom stereocenters. The molecule has 1 N–H and O–H groups in total. The molecule has 0 radical (unpaired) electrons. The van der Waals surface area contributed by atoms with Gasteiger partial charge in [-0.3, -0.25) is 29.4 Å². The zero-order valence-electron chi connectivity index (χ0n) is 12.6. The van der Waals surface area contributed by atoms with E-state index in [1.807, 2.05) is 13.8 Å². The van der Waals surface area contributed by atoms with Crippen molar-refractivity contribution in [3.05, 3.63) is 28.8 Å². The van der Waals surface area contributed by atoms with Crippen LogP contribution in [-0.4, -0.2) is 34.6 Å². The van der Waals surface area contributed by atoms with E-state index in [4.69, 9.17) is 4.74 Å². The average molecular weight is 314 g/mol. The maximum Gasteiger partial charge on any atom is 0.266 e. The van der Waals surface area contributed by atoms with Crippen LogP contribution in [0.1, 0.15) is 53.0 Å². The molecule has 3 aliphatic rings. The van der Waals surface area contributed by atoms with Crippen LogP contribution in [0.2, 0.25) is 0 Å². The summed E-state index contributed by atoms with van der Waals surface area (Å²) in [6, 6.07) is 2.42. The number of hydrogen-bond acceptors (Lipinski definition) is 5. The van der Waals surface area contributed by atoms with E-state index in [9.17, 15) is 19.2 Å². The van der Waals surface area contributed by atoms with Gasteiger partial charge in [0.25, 0.3) is 11.8 Å². The van der Waals surface area contributed by atoms with E-state index < -0.39 is 35.3 Å². The molecule has 7 heteroatoms. The highest BCUT2D eigenvalue weighted by atomic mass is 16.5. The number of amides is 4. The zero-order chi connectivity index (χ0) is 16.5. The van der Waals surface area contributed by atoms with Crippen LogP contribution in [0.4, 0.5) is 0 Å². The lowest BCUT2D eigenvalue weighted by molar-refractivity contribution is -0.136. The minimum atomic E-state index is -0.955. The van der Waals surface area contributed by atoms with Crippen molar-refractivity contribution in [3.8, 4) is 5.75 Å². The molecule has 1 aromatic rings. The second-order valence-corrected chi connectivity index (χ2v) is 6.42. The minimum Gasteiger partial charge on any atom is -0.482 e. The molecule has 3 aliphatic heterocycles. The minimum absolute atomic E-state index is 0.103. The molecule has 4 amide bonds. The molecule has 118 valence electrons. The van der Waals surface area contributed by atoms with Crippen molar-refractivity contribution in [2.75, 3.05) is 0 Å². The molecule has 1 atom stereocenters. The van der Waals surface area contributed by atoms with Crippen molar-refractivity contribution in [2.24, 2.45) is 0 Å². The Morgan fingerprint density at radius 2 is 1.91 bits per heavy atom. The van der Waals surface area contributed by atoms with Crippen molar-refractivity contribution in [1.82, 2.24) is 10.2 Å². The van der Waals surface area contributed by atoms with Crippen LogP contribution in [0.3, 0.4) is 0 Å². The van der Waals surface area contributed by atoms with Crippen LogP contribution in [0.15, 0.2) is 12.1 Å². The highest BCUT2D eigenvalue weighted by molar-refractivity contribution is 6.25. The maximum absolute atomic E-state index is 12.7. The van der Waals surface area contributed by atoms with Crippen LogP contribution in [-0.2, 0) is 15.2 Å². The molecule has 1 fully saturated rings. The number of imide groups is 2. The van der Waals surface area contributed by atoms with Gasteiger partial charge in [-0.25, -0.2) is 0 Å². The van der Waals surface area contributed by atoms with Gasteiger partial charge in [0.05, 0.1) is 11.1 Å². The molecule has 1 saturated heterocycles. The Bertz CT molecular complexity index is 811. The number of benzene rings is 1. The van der Waals surface area contributed by atoms with Crippen LogP contribution < -0.4 is 10.1 Å². The van der Waals surface area contributed by atoms with E-state index in [1.165, 1.54) is 0 Å². The van der Waals surface area contributed by atoms with Crippen LogP contribution in [0, 0.1) is 0 Å². The number of nitrogens with one attached hydrogen (secondary N) is 1. The summed E-state index contributed by atoms with van der Waals surface area (Å²) in [5.41, 5.74) is 0.837. The van der Waals surface area contributed by atoms with Crippen LogP contribution in [0.5, 0.6) is 5.75 Å². The Hall–Kier alpha value is -2.70. The van der Waals surface area contributed by atoms with Gasteiger partial charge in [-0.05, 0) is 26.3 Å². The Kier molecular flexibility index (Phi) is 2.53. The fourth-order valence-electron chi connectivity index (χ4n) is 3.37. The molecular formula is C16H14N2O5. The summed E-state index contributed by atoms with van der Waals surface area (Å²) in [6.45, 7) is 3.75. The number of ether oxygens (including phenoxy) is 1. The third kappa shape index (κ3) is 1.70. The van der Waals surface area contributed by atoms with Crippen LogP contribution in [0.25, 0.3) is 0 Å². The van der Waals surface area contributed by atoms with Gasteiger partial charge in [0, 0.05) is 12.0 Å². The number of carbonyl (C=O) groups is 4. The standard InChI is InChI=1S/C16H14N2O5/c1-16(2)8-4-3-7-11(12(8)23-16)15(22)18(14(7)21)9-5-6-10(19)17-13(9)20/h3-4,9H,5-6H2,1-2H3,(H,17,19,20). The molecule has 0 aromatic heterocycles. The molecule has 1 aromatic carbocycles. The fourth-order valence-corrected chi connectivity index (χ4v) is 3.37. The van der Waals surface area contributed by atoms with Crippen molar-refractivity contribution < 1.29 is 23.9 Å². The van der Waals surface area contributed by atoms with E-state index in [0.717, 1.165) is 10.5 Å². The van der Waals surface area contributed by atoms with E-state index in [-0.39, 0.29) is 24.0 Å². The van der Waals surface area contributed by atoms with Crippen LogP contribution >= 0.6 is 0 Å². The lowest BCUT2D eigenvalue weighted by Gasteiger charge is -2.39. The van der Waals surface area contributed by atoms with Gasteiger partial charge in [0.1, 0.15) is 17.4 Å². The lowest BCUT2D eigenvalue weighted by atomic mass is 9.87. The Morgan fingerprint density at radius 1 is 1.17 bits per heavy atom. The number of fused-ring (bicyclic) bond motifs is 3. The highest BCUT2D eigenvalue weighted by Gasteiger charge is 2.50. The average Bonchev–Trinajstić information content (AvgIpc) is 2.71. The van der Waals surface area contributed by atoms with E-state index in [0.29, 0.717) is 5.75 Å². The third-order valence-electron chi connectivity index (χ3n) is 4.57. The van der Waals surface area contributed by atoms with Crippen molar-refractivity contribution in [1.29, 1.82) is 0 Å². The van der Waals surface area contributed by atoms with Crippen molar-refractivity contribution in [3.63, 3.8) is 0 Å². The largest absolute Gasteiger partial charge is 0.482 e. The molecule has 3 heterocycles. The second-order valence-electron chi connectivity index (χ2n) is 6.42. The lowest BCUT2D eigenvalue weighted by Crippen LogP contribution is -2.54. The summed E-state index contributed by atoms with van der Waals surface area (Å²) in [4.78, 5) is 49.5. The first kappa shape index (κ1) is 13.9. The summed E-state index contributed by atoms with van der Waals surface area (Å²) < 4.78 is 5.66. The molecule has 4 rings (SSSR count). The maximum atomic E-state index is 12.7. The number of rotatable bonds is 1. The number of piperidine rings is 1. The SMILES string of the molecule is CC1(C)Oc2c1ccc1c2C(=O)N(C2CCC(=O)NC2=O)C1=O. The molecule has 0 aliphatic carbocycles. The summed E-state index contributed by atoms with van der Waals surface area (Å²) in [6.07, 6.45) is 0.246. The van der Waals surface area contributed by atoms with Gasteiger partial charge in [-0.1, -0.05) is 6.07 Å². The first-order chi connectivity index (χ1) is 10.8. The summed E-state index contributed by atoms with van der Waals surface area (Å²) in [5, 5.41) is 2.17. The normalized spacial score (nSPS) is 24.6. The fraction of sp³-hybridized carbons (Fsp3) is 0.375. The number of carbonyl (C=O) groups excluding carboxylic acids is 4. The summed E-state index contributed by atoms with van der Waals surface area (Å²) in [5.74, 6) is -1.64. The third-order valence-corrected chi connectivity index (χ3v) is 4.57. The number of hydrogen-bond donors (Lipinski definition) is 1. The van der Waals surface area contributed by atoms with E-state index in [2.05, 4.69) is 5.32 Å². The summed E-state index contributed by atoms with van der Waals surface area (Å²) >= 11 is 0. The van der Waals surface area contributed by atoms with Crippen molar-refractivity contribution in [2.45, 2.75) is 38.3 Å². The molecule has 0 bridgehead atoms. The predicted octanol–water partition coefficient (Wildman–Crippen LogP) is 0.715. The first-order valence-electron chi connectivity index (χ1n) is 7.39. The predicted molar refractivity (Wildman–Crippen MR) is 76.8 cm³/mol. The van der Waals surface area contributed by atoms with Gasteiger partial charge in [0.15, 0.2) is 0 Å². The Morgan fingerprint density at radius 3 is 2.57 bits per heavy atom. The Balaban J connectivity index is 1.75. The van der Waals surface area contributed by atoms with Gasteiger partial charge >= 0.3 is 0 Å². The summed E-state index contributed by atoms with van der Waals surface area (Å²) in [7, 11) is 0. The molecule has 0 spiro atoms. The topological polar surface area (TPSA) is 92.8 Å². The molecular weight excluding hydrogens is 300 g/mol. The quantitative estimate of drug-likeness (QED) is 0.771. The first-order valence-corrected chi connectivity index (χ1v) is 7.39. The highest BCUT2D eigenvalue weighted by Crippen LogP contribution is 2.49.